The molecular formula is C17H21N5O2S2. The number of hydrogen-bond donors (Lipinski definition) is 3. The van der Waals surface area contributed by atoms with Crippen molar-refractivity contribution in [2.24, 2.45) is 5.10 Å². The van der Waals surface area contributed by atoms with Gasteiger partial charge in [0.2, 0.25) is 0 Å². The first-order chi connectivity index (χ1) is 12.5. The molecule has 9 heteroatoms. The SMILES string of the molecule is CCOC(=O)Nc1snc(C)c1/C(C)=N/NC(=S)NCc1ccccc1. The molecule has 0 saturated carbocycles. The lowest BCUT2D eigenvalue weighted by Crippen LogP contribution is -2.32. The number of nitrogens with one attached hydrogen (secondary N) is 3. The third kappa shape index (κ3) is 5.78. The Labute approximate surface area is 162 Å². The maximum Gasteiger partial charge on any atom is 0.412 e. The van der Waals surface area contributed by atoms with Crippen LogP contribution in [-0.2, 0) is 11.3 Å². The summed E-state index contributed by atoms with van der Waals surface area (Å²) in [6.07, 6.45) is -0.516. The average Bonchev–Trinajstić information content (AvgIpc) is 2.99. The summed E-state index contributed by atoms with van der Waals surface area (Å²) in [6, 6.07) is 9.93. The molecule has 2 aromatic rings. The summed E-state index contributed by atoms with van der Waals surface area (Å²) in [5.74, 6) is 0. The van der Waals surface area contributed by atoms with E-state index in [4.69, 9.17) is 17.0 Å². The minimum absolute atomic E-state index is 0.301. The van der Waals surface area contributed by atoms with Crippen LogP contribution in [-0.4, -0.2) is 27.9 Å². The molecule has 0 fully saturated rings. The van der Waals surface area contributed by atoms with Gasteiger partial charge in [0.1, 0.15) is 5.00 Å². The van der Waals surface area contributed by atoms with E-state index in [1.165, 1.54) is 11.5 Å². The fourth-order valence-corrected chi connectivity index (χ4v) is 3.10. The predicted octanol–water partition coefficient (Wildman–Crippen LogP) is 3.41. The first-order valence-electron chi connectivity index (χ1n) is 8.03. The number of carbonyl (C=O) groups is 1. The molecule has 0 unspecified atom stereocenters. The molecule has 2 rings (SSSR count). The summed E-state index contributed by atoms with van der Waals surface area (Å²) in [6.45, 7) is 6.33. The monoisotopic (exact) mass is 391 g/mol. The third-order valence-corrected chi connectivity index (χ3v) is 4.43. The lowest BCUT2D eigenvalue weighted by Gasteiger charge is -2.09. The average molecular weight is 392 g/mol. The molecule has 3 N–H and O–H groups in total. The van der Waals surface area contributed by atoms with Crippen molar-refractivity contribution in [3.8, 4) is 0 Å². The zero-order valence-corrected chi connectivity index (χ0v) is 16.5. The Morgan fingerprint density at radius 1 is 1.35 bits per heavy atom. The van der Waals surface area contributed by atoms with E-state index in [0.29, 0.717) is 29.0 Å². The number of hydrogen-bond acceptors (Lipinski definition) is 6. The van der Waals surface area contributed by atoms with Gasteiger partial charge in [-0.15, -0.1) is 0 Å². The zero-order chi connectivity index (χ0) is 18.9. The van der Waals surface area contributed by atoms with Crippen molar-refractivity contribution in [1.29, 1.82) is 0 Å². The van der Waals surface area contributed by atoms with Gasteiger partial charge in [-0.1, -0.05) is 30.3 Å². The number of ether oxygens (including phenoxy) is 1. The number of benzene rings is 1. The second-order valence-electron chi connectivity index (χ2n) is 5.29. The standard InChI is InChI=1S/C17H21N5O2S2/c1-4-24-17(23)19-15-14(12(3)22-26-15)11(2)20-21-16(25)18-10-13-8-6-5-7-9-13/h5-9H,4,10H2,1-3H3,(H,19,23)(H2,18,21,25)/b20-11+. The summed E-state index contributed by atoms with van der Waals surface area (Å²) < 4.78 is 9.17. The van der Waals surface area contributed by atoms with Gasteiger partial charge in [-0.05, 0) is 50.1 Å². The highest BCUT2D eigenvalue weighted by Gasteiger charge is 2.16. The molecule has 0 atom stereocenters. The van der Waals surface area contributed by atoms with E-state index in [1.807, 2.05) is 44.2 Å². The molecule has 0 spiro atoms. The minimum Gasteiger partial charge on any atom is -0.450 e. The Hall–Kier alpha value is -2.52. The molecule has 0 aliphatic heterocycles. The lowest BCUT2D eigenvalue weighted by atomic mass is 10.2. The van der Waals surface area contributed by atoms with Crippen molar-refractivity contribution in [2.45, 2.75) is 27.3 Å². The van der Waals surface area contributed by atoms with Crippen LogP contribution in [0.4, 0.5) is 9.80 Å². The van der Waals surface area contributed by atoms with Crippen LogP contribution >= 0.6 is 23.8 Å². The second-order valence-corrected chi connectivity index (χ2v) is 6.48. The number of amides is 1. The first kappa shape index (κ1) is 19.8. The Morgan fingerprint density at radius 2 is 2.08 bits per heavy atom. The van der Waals surface area contributed by atoms with Gasteiger partial charge in [0.25, 0.3) is 0 Å². The van der Waals surface area contributed by atoms with E-state index in [-0.39, 0.29) is 0 Å². The van der Waals surface area contributed by atoms with Crippen molar-refractivity contribution in [3.63, 3.8) is 0 Å². The van der Waals surface area contributed by atoms with Gasteiger partial charge in [-0.25, -0.2) is 4.79 Å². The van der Waals surface area contributed by atoms with Gasteiger partial charge in [-0.3, -0.25) is 10.7 Å². The van der Waals surface area contributed by atoms with E-state index in [9.17, 15) is 4.79 Å². The number of thiocarbonyl (C=S) groups is 1. The second kappa shape index (κ2) is 9.83. The van der Waals surface area contributed by atoms with Crippen LogP contribution in [0.5, 0.6) is 0 Å². The summed E-state index contributed by atoms with van der Waals surface area (Å²) in [7, 11) is 0. The number of nitrogens with zero attached hydrogens (tertiary/aromatic N) is 2. The number of rotatable bonds is 6. The topological polar surface area (TPSA) is 87.6 Å². The van der Waals surface area contributed by atoms with Crippen LogP contribution in [0.25, 0.3) is 0 Å². The van der Waals surface area contributed by atoms with Crippen LogP contribution in [0.2, 0.25) is 0 Å². The summed E-state index contributed by atoms with van der Waals surface area (Å²) in [5, 5.41) is 11.1. The number of hydrazone groups is 1. The van der Waals surface area contributed by atoms with Crippen LogP contribution in [0.15, 0.2) is 35.4 Å². The van der Waals surface area contributed by atoms with E-state index >= 15 is 0 Å². The lowest BCUT2D eigenvalue weighted by molar-refractivity contribution is 0.168. The Balaban J connectivity index is 1.97. The molecular weight excluding hydrogens is 370 g/mol. The number of anilines is 1. The summed E-state index contributed by atoms with van der Waals surface area (Å²) in [4.78, 5) is 11.6. The van der Waals surface area contributed by atoms with Crippen molar-refractivity contribution >= 4 is 45.7 Å². The molecule has 0 aliphatic rings. The molecule has 1 heterocycles. The Morgan fingerprint density at radius 3 is 2.77 bits per heavy atom. The maximum absolute atomic E-state index is 11.6. The van der Waals surface area contributed by atoms with Gasteiger partial charge in [0.05, 0.1) is 23.6 Å². The van der Waals surface area contributed by atoms with E-state index in [2.05, 4.69) is 25.5 Å². The highest BCUT2D eigenvalue weighted by atomic mass is 32.1. The van der Waals surface area contributed by atoms with Gasteiger partial charge in [0, 0.05) is 6.54 Å². The molecule has 26 heavy (non-hydrogen) atoms. The molecule has 1 aromatic heterocycles. The quantitative estimate of drug-likeness (QED) is 0.397. The molecule has 0 saturated heterocycles. The van der Waals surface area contributed by atoms with E-state index < -0.39 is 6.09 Å². The van der Waals surface area contributed by atoms with Gasteiger partial charge in [-0.2, -0.15) is 9.47 Å². The highest BCUT2D eigenvalue weighted by Crippen LogP contribution is 2.25. The molecule has 7 nitrogen and oxygen atoms in total. The smallest absolute Gasteiger partial charge is 0.412 e. The van der Waals surface area contributed by atoms with E-state index in [1.54, 1.807) is 6.92 Å². The van der Waals surface area contributed by atoms with Crippen molar-refractivity contribution < 1.29 is 9.53 Å². The molecule has 1 amide bonds. The Kier molecular flexibility index (Phi) is 7.49. The van der Waals surface area contributed by atoms with Gasteiger partial charge < -0.3 is 10.1 Å². The Bertz CT molecular complexity index is 790. The zero-order valence-electron chi connectivity index (χ0n) is 14.8. The summed E-state index contributed by atoms with van der Waals surface area (Å²) >= 11 is 6.42. The molecule has 0 radical (unpaired) electrons. The van der Waals surface area contributed by atoms with Gasteiger partial charge >= 0.3 is 6.09 Å². The van der Waals surface area contributed by atoms with Crippen molar-refractivity contribution in [1.82, 2.24) is 15.1 Å². The van der Waals surface area contributed by atoms with Crippen LogP contribution in [0.1, 0.15) is 30.7 Å². The van der Waals surface area contributed by atoms with Crippen LogP contribution in [0.3, 0.4) is 0 Å². The highest BCUT2D eigenvalue weighted by molar-refractivity contribution is 7.80. The van der Waals surface area contributed by atoms with Crippen LogP contribution in [0, 0.1) is 6.92 Å². The number of carbonyl (C=O) groups excluding carboxylic acids is 1. The molecule has 138 valence electrons. The van der Waals surface area contributed by atoms with Crippen molar-refractivity contribution in [2.75, 3.05) is 11.9 Å². The largest absolute Gasteiger partial charge is 0.450 e. The number of aromatic nitrogens is 1. The predicted molar refractivity (Wildman–Crippen MR) is 109 cm³/mol. The fourth-order valence-electron chi connectivity index (χ4n) is 2.15. The normalized spacial score (nSPS) is 11.0. The third-order valence-electron chi connectivity index (χ3n) is 3.34. The molecule has 0 bridgehead atoms. The van der Waals surface area contributed by atoms with Crippen molar-refractivity contribution in [3.05, 3.63) is 47.2 Å². The number of aryl methyl sites for hydroxylation is 1. The minimum atomic E-state index is -0.516. The van der Waals surface area contributed by atoms with Gasteiger partial charge in [0.15, 0.2) is 5.11 Å². The summed E-state index contributed by atoms with van der Waals surface area (Å²) in [5.41, 5.74) is 6.12. The van der Waals surface area contributed by atoms with Crippen LogP contribution < -0.4 is 16.1 Å². The maximum atomic E-state index is 11.6. The molecule has 1 aromatic carbocycles. The molecule has 0 aliphatic carbocycles. The van der Waals surface area contributed by atoms with E-state index in [0.717, 1.165) is 16.8 Å². The fraction of sp³-hybridized carbons (Fsp3) is 0.294. The first-order valence-corrected chi connectivity index (χ1v) is 9.22.